The van der Waals surface area contributed by atoms with Crippen molar-refractivity contribution < 1.29 is 13.5 Å². The minimum absolute atomic E-state index is 0.0894. The van der Waals surface area contributed by atoms with Gasteiger partial charge in [0.25, 0.3) is 6.43 Å². The first kappa shape index (κ1) is 15.3. The summed E-state index contributed by atoms with van der Waals surface area (Å²) in [6, 6.07) is 3.23. The first-order valence-electron chi connectivity index (χ1n) is 7.27. The molecule has 9 nitrogen and oxygen atoms in total. The van der Waals surface area contributed by atoms with Crippen molar-refractivity contribution in [2.24, 2.45) is 0 Å². The van der Waals surface area contributed by atoms with Crippen LogP contribution in [0.2, 0.25) is 0 Å². The zero-order chi connectivity index (χ0) is 16.5. The van der Waals surface area contributed by atoms with Crippen molar-refractivity contribution in [3.8, 4) is 0 Å². The molecule has 0 radical (unpaired) electrons. The predicted molar refractivity (Wildman–Crippen MR) is 76.7 cm³/mol. The summed E-state index contributed by atoms with van der Waals surface area (Å²) in [6.07, 6.45) is -0.673. The van der Waals surface area contributed by atoms with Crippen LogP contribution in [0.5, 0.6) is 0 Å². The number of fused-ring (bicyclic) bond motifs is 1. The molecule has 1 saturated heterocycles. The van der Waals surface area contributed by atoms with Gasteiger partial charge in [-0.05, 0) is 47.2 Å². The number of tetrazole rings is 1. The number of aromatic nitrogens is 8. The number of rotatable bonds is 5. The predicted octanol–water partition coefficient (Wildman–Crippen LogP) is 1.38. The van der Waals surface area contributed by atoms with Gasteiger partial charge in [-0.1, -0.05) is 0 Å². The third-order valence-electron chi connectivity index (χ3n) is 3.55. The van der Waals surface area contributed by atoms with Gasteiger partial charge < -0.3 is 4.74 Å². The molecule has 0 N–H and O–H groups in total. The molecular weight excluding hydrogens is 342 g/mol. The average molecular weight is 354 g/mol. The van der Waals surface area contributed by atoms with E-state index in [0.717, 1.165) is 24.0 Å². The monoisotopic (exact) mass is 354 g/mol. The van der Waals surface area contributed by atoms with Crippen LogP contribution < -0.4 is 0 Å². The largest absolute Gasteiger partial charge is 0.376 e. The minimum Gasteiger partial charge on any atom is -0.376 e. The molecule has 1 aliphatic heterocycles. The molecule has 1 atom stereocenters. The summed E-state index contributed by atoms with van der Waals surface area (Å²) in [4.78, 5) is 0. The molecule has 4 rings (SSSR count). The number of nitrogens with zero attached hydrogens (tertiary/aromatic N) is 8. The third kappa shape index (κ3) is 2.94. The van der Waals surface area contributed by atoms with E-state index in [-0.39, 0.29) is 11.8 Å². The Morgan fingerprint density at radius 3 is 3.00 bits per heavy atom. The molecule has 1 fully saturated rings. The number of hydrogen-bond donors (Lipinski definition) is 0. The molecule has 0 saturated carbocycles. The Balaban J connectivity index is 1.58. The first-order chi connectivity index (χ1) is 11.7. The van der Waals surface area contributed by atoms with Gasteiger partial charge in [0.15, 0.2) is 5.65 Å². The lowest BCUT2D eigenvalue weighted by molar-refractivity contribution is 0.0911. The van der Waals surface area contributed by atoms with Crippen molar-refractivity contribution >= 4 is 17.4 Å². The molecule has 126 valence electrons. The van der Waals surface area contributed by atoms with Crippen molar-refractivity contribution in [3.63, 3.8) is 0 Å². The van der Waals surface area contributed by atoms with Crippen LogP contribution in [-0.4, -0.2) is 52.7 Å². The quantitative estimate of drug-likeness (QED) is 0.678. The van der Waals surface area contributed by atoms with Crippen molar-refractivity contribution in [3.05, 3.63) is 18.0 Å². The van der Waals surface area contributed by atoms with E-state index < -0.39 is 12.2 Å². The summed E-state index contributed by atoms with van der Waals surface area (Å²) >= 11 is 1.18. The van der Waals surface area contributed by atoms with Gasteiger partial charge in [0.2, 0.25) is 11.0 Å². The highest BCUT2D eigenvalue weighted by molar-refractivity contribution is 7.99. The van der Waals surface area contributed by atoms with Gasteiger partial charge in [-0.15, -0.1) is 15.3 Å². The van der Waals surface area contributed by atoms with E-state index in [9.17, 15) is 8.78 Å². The summed E-state index contributed by atoms with van der Waals surface area (Å²) in [6.45, 7) is 1.30. The molecule has 0 amide bonds. The highest BCUT2D eigenvalue weighted by Crippen LogP contribution is 2.25. The summed E-state index contributed by atoms with van der Waals surface area (Å²) in [5.74, 6) is -0.494. The summed E-state index contributed by atoms with van der Waals surface area (Å²) < 4.78 is 34.1. The molecule has 1 aliphatic rings. The Bertz CT molecular complexity index is 847. The molecular formula is C12H12F2N8OS. The lowest BCUT2D eigenvalue weighted by atomic mass is 10.2. The van der Waals surface area contributed by atoms with Crippen LogP contribution >= 0.6 is 11.8 Å². The zero-order valence-electron chi connectivity index (χ0n) is 12.3. The fourth-order valence-corrected chi connectivity index (χ4v) is 3.18. The van der Waals surface area contributed by atoms with E-state index in [0.29, 0.717) is 16.7 Å². The lowest BCUT2D eigenvalue weighted by Gasteiger charge is -2.09. The highest BCUT2D eigenvalue weighted by Gasteiger charge is 2.20. The fraction of sp³-hybridized carbons (Fsp3) is 0.500. The van der Waals surface area contributed by atoms with E-state index in [1.54, 1.807) is 16.8 Å². The lowest BCUT2D eigenvalue weighted by Crippen LogP contribution is -2.16. The van der Waals surface area contributed by atoms with E-state index in [1.165, 1.54) is 11.8 Å². The Labute approximate surface area is 138 Å². The maximum absolute atomic E-state index is 12.9. The Hall–Kier alpha value is -2.21. The molecule has 12 heteroatoms. The van der Waals surface area contributed by atoms with Gasteiger partial charge >= 0.3 is 0 Å². The Morgan fingerprint density at radius 2 is 2.21 bits per heavy atom. The van der Waals surface area contributed by atoms with Gasteiger partial charge in [-0.3, -0.25) is 0 Å². The molecule has 3 aromatic heterocycles. The number of alkyl halides is 2. The second-order valence-corrected chi connectivity index (χ2v) is 6.17. The average Bonchev–Trinajstić information content (AvgIpc) is 3.29. The SMILES string of the molecule is FC(F)c1nnc2ccc(Sc3nnnn3CC3CCCO3)nn12. The Morgan fingerprint density at radius 1 is 1.29 bits per heavy atom. The maximum Gasteiger partial charge on any atom is 0.299 e. The fourth-order valence-electron chi connectivity index (χ4n) is 2.44. The van der Waals surface area contributed by atoms with Crippen LogP contribution in [0.3, 0.4) is 0 Å². The number of hydrogen-bond acceptors (Lipinski definition) is 8. The first-order valence-corrected chi connectivity index (χ1v) is 8.08. The van der Waals surface area contributed by atoms with Crippen molar-refractivity contribution in [1.82, 2.24) is 40.0 Å². The van der Waals surface area contributed by atoms with Gasteiger partial charge in [0.05, 0.1) is 12.6 Å². The summed E-state index contributed by atoms with van der Waals surface area (Å²) in [5, 5.41) is 23.8. The second kappa shape index (κ2) is 6.36. The topological polar surface area (TPSA) is 95.9 Å². The number of halogens is 2. The molecule has 4 heterocycles. The van der Waals surface area contributed by atoms with Crippen LogP contribution in [0.1, 0.15) is 25.1 Å². The van der Waals surface area contributed by atoms with Crippen LogP contribution in [0, 0.1) is 0 Å². The molecule has 3 aromatic rings. The highest BCUT2D eigenvalue weighted by atomic mass is 32.2. The minimum atomic E-state index is -2.75. The third-order valence-corrected chi connectivity index (χ3v) is 4.45. The maximum atomic E-state index is 12.9. The Kier molecular flexibility index (Phi) is 4.06. The van der Waals surface area contributed by atoms with Crippen molar-refractivity contribution in [1.29, 1.82) is 0 Å². The zero-order valence-corrected chi connectivity index (χ0v) is 13.1. The summed E-state index contributed by atoms with van der Waals surface area (Å²) in [7, 11) is 0. The van der Waals surface area contributed by atoms with Crippen molar-refractivity contribution in [2.45, 2.75) is 42.1 Å². The molecule has 0 aromatic carbocycles. The summed E-state index contributed by atoms with van der Waals surface area (Å²) in [5.41, 5.74) is 0.258. The van der Waals surface area contributed by atoms with Crippen LogP contribution in [-0.2, 0) is 11.3 Å². The molecule has 1 unspecified atom stereocenters. The van der Waals surface area contributed by atoms with E-state index >= 15 is 0 Å². The van der Waals surface area contributed by atoms with Gasteiger partial charge in [-0.25, -0.2) is 13.5 Å². The van der Waals surface area contributed by atoms with E-state index in [2.05, 4.69) is 30.8 Å². The second-order valence-electron chi connectivity index (χ2n) is 5.18. The molecule has 0 spiro atoms. The van der Waals surface area contributed by atoms with Crippen LogP contribution in [0.15, 0.2) is 22.3 Å². The normalized spacial score (nSPS) is 18.0. The van der Waals surface area contributed by atoms with E-state index in [1.807, 2.05) is 0 Å². The van der Waals surface area contributed by atoms with E-state index in [4.69, 9.17) is 4.74 Å². The molecule has 0 bridgehead atoms. The van der Waals surface area contributed by atoms with Gasteiger partial charge in [0, 0.05) is 6.61 Å². The molecule has 24 heavy (non-hydrogen) atoms. The van der Waals surface area contributed by atoms with Crippen LogP contribution in [0.4, 0.5) is 8.78 Å². The molecule has 0 aliphatic carbocycles. The van der Waals surface area contributed by atoms with Crippen molar-refractivity contribution in [2.75, 3.05) is 6.61 Å². The number of ether oxygens (including phenoxy) is 1. The smallest absolute Gasteiger partial charge is 0.299 e. The standard InChI is InChI=1S/C12H12F2N8OS/c13-10(14)11-16-15-8-3-4-9(18-22(8)11)24-12-17-19-20-21(12)6-7-2-1-5-23-7/h3-4,7,10H,1-2,5-6H2. The van der Waals surface area contributed by atoms with Gasteiger partial charge in [0.1, 0.15) is 5.03 Å². The van der Waals surface area contributed by atoms with Gasteiger partial charge in [-0.2, -0.15) is 9.61 Å². The van der Waals surface area contributed by atoms with Crippen LogP contribution in [0.25, 0.3) is 5.65 Å².